The molecule has 2 saturated heterocycles. The van der Waals surface area contributed by atoms with Crippen molar-refractivity contribution in [3.63, 3.8) is 0 Å². The Morgan fingerprint density at radius 1 is 0.789 bits per heavy atom. The van der Waals surface area contributed by atoms with Gasteiger partial charge in [0, 0.05) is 24.8 Å². The van der Waals surface area contributed by atoms with Crippen LogP contribution in [0.1, 0.15) is 80.6 Å². The lowest BCUT2D eigenvalue weighted by Crippen LogP contribution is -2.50. The third-order valence-corrected chi connectivity index (χ3v) is 8.58. The van der Waals surface area contributed by atoms with Crippen molar-refractivity contribution in [2.24, 2.45) is 41.1 Å². The third-order valence-electron chi connectivity index (χ3n) is 8.19. The number of halogens is 1. The summed E-state index contributed by atoms with van der Waals surface area (Å²) in [5.74, 6) is 1.65. The SMILES string of the molecule is CC[C@H]1O[C@@H](CO)C(C)[C@@H](C)C1C.CC[C@H]1O[C@@H](COCCCC(N)=O)C(C)[C@@H](C)C1O.NC(=O)CCBr. The first-order valence-electron chi connectivity index (χ1n) is 14.2. The van der Waals surface area contributed by atoms with E-state index in [9.17, 15) is 14.7 Å². The van der Waals surface area contributed by atoms with Crippen molar-refractivity contribution in [3.8, 4) is 0 Å². The zero-order chi connectivity index (χ0) is 29.4. The normalized spacial score (nSPS) is 34.8. The molecular weight excluding hydrogens is 556 g/mol. The van der Waals surface area contributed by atoms with Gasteiger partial charge in [0.15, 0.2) is 0 Å². The molecule has 2 rings (SSSR count). The number of ether oxygens (including phenoxy) is 3. The van der Waals surface area contributed by atoms with E-state index in [4.69, 9.17) is 30.8 Å². The largest absolute Gasteiger partial charge is 0.394 e. The van der Waals surface area contributed by atoms with Crippen LogP contribution in [0.25, 0.3) is 0 Å². The average molecular weight is 612 g/mol. The molecule has 2 amide bonds. The molecule has 0 bridgehead atoms. The summed E-state index contributed by atoms with van der Waals surface area (Å²) >= 11 is 3.05. The van der Waals surface area contributed by atoms with Crippen LogP contribution in [0.4, 0.5) is 0 Å². The van der Waals surface area contributed by atoms with E-state index < -0.39 is 6.10 Å². The van der Waals surface area contributed by atoms with Crippen LogP contribution >= 0.6 is 15.9 Å². The molecule has 4 unspecified atom stereocenters. The fourth-order valence-corrected chi connectivity index (χ4v) is 5.28. The van der Waals surface area contributed by atoms with Gasteiger partial charge in [-0.15, -0.1) is 0 Å². The number of hydrogen-bond donors (Lipinski definition) is 4. The standard InChI is InChI=1S/C14H27NO4.C11H22O2.C3H6BrNO/c1-4-11-14(17)10(3)9(2)12(19-11)8-18-7-5-6-13(15)16;1-5-10-8(3)7(2)9(4)11(6-12)13-10;4-2-1-3(5)6/h9-12,14,17H,4-8H2,1-3H3,(H2,15,16);7-12H,5-6H2,1-4H3;1-2H2,(H2,5,6)/t9?,10-,11-,12+,14?;7-,8?,9?,10+,11-;/m10./s1. The first kappa shape index (κ1) is 37.2. The molecular formula is C28H55BrN2O7. The van der Waals surface area contributed by atoms with Gasteiger partial charge in [-0.1, -0.05) is 64.4 Å². The molecule has 2 heterocycles. The minimum absolute atomic E-state index is 0.0110. The van der Waals surface area contributed by atoms with E-state index >= 15 is 0 Å². The van der Waals surface area contributed by atoms with Crippen LogP contribution < -0.4 is 11.5 Å². The minimum atomic E-state index is -0.397. The zero-order valence-electron chi connectivity index (χ0n) is 24.6. The molecule has 2 aliphatic heterocycles. The van der Waals surface area contributed by atoms with Gasteiger partial charge >= 0.3 is 0 Å². The number of rotatable bonds is 11. The van der Waals surface area contributed by atoms with Crippen LogP contribution in [0.15, 0.2) is 0 Å². The Kier molecular flexibility index (Phi) is 19.7. The summed E-state index contributed by atoms with van der Waals surface area (Å²) in [5.41, 5.74) is 9.80. The molecule has 2 aliphatic rings. The summed E-state index contributed by atoms with van der Waals surface area (Å²) in [4.78, 5) is 20.4. The van der Waals surface area contributed by atoms with Gasteiger partial charge < -0.3 is 35.9 Å². The Morgan fingerprint density at radius 3 is 1.74 bits per heavy atom. The predicted molar refractivity (Wildman–Crippen MR) is 154 cm³/mol. The van der Waals surface area contributed by atoms with Gasteiger partial charge in [-0.2, -0.15) is 0 Å². The third kappa shape index (κ3) is 13.0. The van der Waals surface area contributed by atoms with Crippen LogP contribution in [0.3, 0.4) is 0 Å². The van der Waals surface area contributed by atoms with Crippen molar-refractivity contribution in [1.82, 2.24) is 0 Å². The van der Waals surface area contributed by atoms with E-state index in [1.807, 2.05) is 6.92 Å². The summed E-state index contributed by atoms with van der Waals surface area (Å²) in [7, 11) is 0. The van der Waals surface area contributed by atoms with Gasteiger partial charge in [0.1, 0.15) is 0 Å². The number of amides is 2. The smallest absolute Gasteiger partial charge is 0.218 e. The van der Waals surface area contributed by atoms with Gasteiger partial charge in [0.05, 0.1) is 43.7 Å². The summed E-state index contributed by atoms with van der Waals surface area (Å²) in [6.45, 7) is 16.2. The molecule has 0 spiro atoms. The van der Waals surface area contributed by atoms with E-state index in [0.717, 1.165) is 12.8 Å². The van der Waals surface area contributed by atoms with Gasteiger partial charge in [-0.25, -0.2) is 0 Å². The molecule has 0 radical (unpaired) electrons. The second-order valence-electron chi connectivity index (χ2n) is 10.8. The molecule has 6 N–H and O–H groups in total. The Labute approximate surface area is 238 Å². The van der Waals surface area contributed by atoms with Gasteiger partial charge in [0.2, 0.25) is 11.8 Å². The molecule has 10 heteroatoms. The first-order valence-corrected chi connectivity index (χ1v) is 15.3. The molecule has 226 valence electrons. The van der Waals surface area contributed by atoms with E-state index in [2.05, 4.69) is 57.5 Å². The Hall–Kier alpha value is -0.780. The number of alkyl halides is 1. The quantitative estimate of drug-likeness (QED) is 0.206. The first-order chi connectivity index (χ1) is 17.9. The molecule has 0 aliphatic carbocycles. The summed E-state index contributed by atoms with van der Waals surface area (Å²) in [5, 5.41) is 19.9. The lowest BCUT2D eigenvalue weighted by Gasteiger charge is -2.43. The molecule has 0 aromatic heterocycles. The number of primary amides is 2. The van der Waals surface area contributed by atoms with Crippen LogP contribution in [-0.4, -0.2) is 77.7 Å². The number of aliphatic hydroxyl groups excluding tert-OH is 2. The van der Waals surface area contributed by atoms with Crippen LogP contribution in [0.5, 0.6) is 0 Å². The van der Waals surface area contributed by atoms with Crippen molar-refractivity contribution < 1.29 is 34.0 Å². The van der Waals surface area contributed by atoms with Gasteiger partial charge in [0.25, 0.3) is 0 Å². The Bertz CT molecular complexity index is 635. The summed E-state index contributed by atoms with van der Waals surface area (Å²) in [6.07, 6.45) is 3.18. The fourth-order valence-electron chi connectivity index (χ4n) is 4.89. The lowest BCUT2D eigenvalue weighted by molar-refractivity contribution is -0.184. The highest BCUT2D eigenvalue weighted by molar-refractivity contribution is 9.09. The fraction of sp³-hybridized carbons (Fsp3) is 0.929. The van der Waals surface area contributed by atoms with Crippen molar-refractivity contribution in [2.45, 2.75) is 111 Å². The van der Waals surface area contributed by atoms with E-state index in [1.165, 1.54) is 0 Å². The number of hydrogen-bond acceptors (Lipinski definition) is 7. The van der Waals surface area contributed by atoms with E-state index in [-0.39, 0.29) is 48.6 Å². The lowest BCUT2D eigenvalue weighted by atomic mass is 9.76. The number of carbonyl (C=O) groups excluding carboxylic acids is 2. The monoisotopic (exact) mass is 610 g/mol. The minimum Gasteiger partial charge on any atom is -0.394 e. The highest BCUT2D eigenvalue weighted by atomic mass is 79.9. The maximum Gasteiger partial charge on any atom is 0.218 e. The summed E-state index contributed by atoms with van der Waals surface area (Å²) < 4.78 is 17.3. The highest BCUT2D eigenvalue weighted by Crippen LogP contribution is 2.36. The van der Waals surface area contributed by atoms with Crippen LogP contribution in [0, 0.1) is 29.6 Å². The van der Waals surface area contributed by atoms with E-state index in [1.54, 1.807) is 0 Å². The van der Waals surface area contributed by atoms with Crippen molar-refractivity contribution in [2.75, 3.05) is 25.2 Å². The maximum atomic E-state index is 10.6. The van der Waals surface area contributed by atoms with Crippen molar-refractivity contribution in [1.29, 1.82) is 0 Å². The van der Waals surface area contributed by atoms with Gasteiger partial charge in [-0.3, -0.25) is 9.59 Å². The molecule has 2 fully saturated rings. The topological polar surface area (TPSA) is 154 Å². The number of carbonyl (C=O) groups is 2. The summed E-state index contributed by atoms with van der Waals surface area (Å²) in [6, 6.07) is 0. The Balaban J connectivity index is 0.000000620. The van der Waals surface area contributed by atoms with Crippen LogP contribution in [0.2, 0.25) is 0 Å². The molecule has 10 atom stereocenters. The number of nitrogens with two attached hydrogens (primary N) is 2. The maximum absolute atomic E-state index is 10.6. The van der Waals surface area contributed by atoms with Crippen molar-refractivity contribution in [3.05, 3.63) is 0 Å². The number of aliphatic hydroxyl groups is 2. The molecule has 38 heavy (non-hydrogen) atoms. The highest BCUT2D eigenvalue weighted by Gasteiger charge is 2.39. The predicted octanol–water partition coefficient (Wildman–Crippen LogP) is 3.40. The second-order valence-corrected chi connectivity index (χ2v) is 11.6. The molecule has 0 aromatic rings. The molecule has 0 aromatic carbocycles. The zero-order valence-corrected chi connectivity index (χ0v) is 26.2. The van der Waals surface area contributed by atoms with E-state index in [0.29, 0.717) is 61.7 Å². The second kappa shape index (κ2) is 20.2. The molecule has 0 saturated carbocycles. The van der Waals surface area contributed by atoms with Crippen molar-refractivity contribution >= 4 is 27.7 Å². The average Bonchev–Trinajstić information content (AvgIpc) is 2.87. The van der Waals surface area contributed by atoms with Gasteiger partial charge in [-0.05, 0) is 48.9 Å². The van der Waals surface area contributed by atoms with Crippen LogP contribution in [-0.2, 0) is 23.8 Å². The Morgan fingerprint density at radius 2 is 1.29 bits per heavy atom. The molecule has 9 nitrogen and oxygen atoms in total.